The number of carbonyl (C=O) groups is 2. The fourth-order valence-electron chi connectivity index (χ4n) is 2.40. The molecule has 0 atom stereocenters. The maximum atomic E-state index is 14.0. The Morgan fingerprint density at radius 1 is 1.20 bits per heavy atom. The van der Waals surface area contributed by atoms with Crippen LogP contribution in [0.25, 0.3) is 0 Å². The van der Waals surface area contributed by atoms with E-state index in [-0.39, 0.29) is 17.5 Å². The van der Waals surface area contributed by atoms with Gasteiger partial charge in [-0.25, -0.2) is 4.39 Å². The molecule has 0 radical (unpaired) electrons. The molecule has 108 valence electrons. The van der Waals surface area contributed by atoms with Gasteiger partial charge in [0, 0.05) is 38.2 Å². The molecule has 1 aromatic rings. The summed E-state index contributed by atoms with van der Waals surface area (Å²) in [5, 5.41) is 0. The molecule has 1 aliphatic heterocycles. The number of hydrogen-bond donors (Lipinski definition) is 0. The Labute approximate surface area is 118 Å². The third kappa shape index (κ3) is 2.98. The van der Waals surface area contributed by atoms with Crippen LogP contribution in [0.1, 0.15) is 30.6 Å². The molecule has 0 aliphatic carbocycles. The maximum absolute atomic E-state index is 14.0. The molecule has 4 nitrogen and oxygen atoms in total. The first-order valence-corrected chi connectivity index (χ1v) is 6.86. The summed E-state index contributed by atoms with van der Waals surface area (Å²) in [6, 6.07) is 4.56. The third-order valence-corrected chi connectivity index (χ3v) is 3.63. The van der Waals surface area contributed by atoms with Gasteiger partial charge in [-0.05, 0) is 25.1 Å². The summed E-state index contributed by atoms with van der Waals surface area (Å²) in [7, 11) is 0. The van der Waals surface area contributed by atoms with E-state index in [1.54, 1.807) is 17.0 Å². The van der Waals surface area contributed by atoms with Crippen molar-refractivity contribution in [2.24, 2.45) is 0 Å². The quantitative estimate of drug-likeness (QED) is 0.795. The zero-order chi connectivity index (χ0) is 14.7. The van der Waals surface area contributed by atoms with Crippen LogP contribution < -0.4 is 4.90 Å². The minimum absolute atomic E-state index is 0.136. The Bertz CT molecular complexity index is 523. The standard InChI is InChI=1S/C15H19FN2O2/c1-3-15(20)18-8-6-17(7-9-18)14-5-4-12(11(2)19)10-13(14)16/h4-5,10H,3,6-9H2,1-2H3. The van der Waals surface area contributed by atoms with Gasteiger partial charge in [0.2, 0.25) is 5.91 Å². The number of hydrogen-bond acceptors (Lipinski definition) is 3. The minimum atomic E-state index is -0.382. The Morgan fingerprint density at radius 3 is 2.35 bits per heavy atom. The average molecular weight is 278 g/mol. The lowest BCUT2D eigenvalue weighted by atomic mass is 10.1. The van der Waals surface area contributed by atoms with E-state index in [0.29, 0.717) is 43.9 Å². The van der Waals surface area contributed by atoms with E-state index in [0.717, 1.165) is 0 Å². The van der Waals surface area contributed by atoms with E-state index < -0.39 is 0 Å². The zero-order valence-corrected chi connectivity index (χ0v) is 11.9. The Morgan fingerprint density at radius 2 is 1.85 bits per heavy atom. The van der Waals surface area contributed by atoms with Crippen LogP contribution in [-0.4, -0.2) is 42.8 Å². The van der Waals surface area contributed by atoms with Gasteiger partial charge in [0.1, 0.15) is 5.82 Å². The van der Waals surface area contributed by atoms with Gasteiger partial charge in [-0.2, -0.15) is 0 Å². The largest absolute Gasteiger partial charge is 0.366 e. The highest BCUT2D eigenvalue weighted by atomic mass is 19.1. The van der Waals surface area contributed by atoms with Gasteiger partial charge in [-0.15, -0.1) is 0 Å². The number of nitrogens with zero attached hydrogens (tertiary/aromatic N) is 2. The van der Waals surface area contributed by atoms with Crippen LogP contribution in [0, 0.1) is 5.82 Å². The highest BCUT2D eigenvalue weighted by Crippen LogP contribution is 2.22. The zero-order valence-electron chi connectivity index (χ0n) is 11.9. The van der Waals surface area contributed by atoms with Crippen LogP contribution in [0.3, 0.4) is 0 Å². The molecule has 0 unspecified atom stereocenters. The van der Waals surface area contributed by atoms with E-state index in [4.69, 9.17) is 0 Å². The van der Waals surface area contributed by atoms with Gasteiger partial charge in [-0.3, -0.25) is 9.59 Å². The number of ketones is 1. The van der Waals surface area contributed by atoms with Crippen molar-refractivity contribution in [3.05, 3.63) is 29.6 Å². The Balaban J connectivity index is 2.07. The number of anilines is 1. The first kappa shape index (κ1) is 14.5. The smallest absolute Gasteiger partial charge is 0.222 e. The summed E-state index contributed by atoms with van der Waals surface area (Å²) < 4.78 is 14.0. The molecule has 20 heavy (non-hydrogen) atoms. The summed E-state index contributed by atoms with van der Waals surface area (Å²) in [6.45, 7) is 5.71. The molecule has 0 saturated carbocycles. The molecule has 0 aromatic heterocycles. The van der Waals surface area contributed by atoms with E-state index in [1.165, 1.54) is 13.0 Å². The van der Waals surface area contributed by atoms with Crippen LogP contribution in [-0.2, 0) is 4.79 Å². The minimum Gasteiger partial charge on any atom is -0.366 e. The van der Waals surface area contributed by atoms with Crippen molar-refractivity contribution in [2.45, 2.75) is 20.3 Å². The molecular weight excluding hydrogens is 259 g/mol. The second-order valence-electron chi connectivity index (χ2n) is 4.94. The van der Waals surface area contributed by atoms with Crippen molar-refractivity contribution in [1.82, 2.24) is 4.90 Å². The molecule has 1 aromatic carbocycles. The van der Waals surface area contributed by atoms with Gasteiger partial charge in [0.25, 0.3) is 0 Å². The van der Waals surface area contributed by atoms with Gasteiger partial charge in [0.15, 0.2) is 5.78 Å². The van der Waals surface area contributed by atoms with E-state index >= 15 is 0 Å². The molecule has 0 N–H and O–H groups in total. The number of Topliss-reactive ketones (excluding diaryl/α,β-unsaturated/α-hetero) is 1. The molecule has 2 rings (SSSR count). The number of piperazine rings is 1. The number of amides is 1. The summed E-state index contributed by atoms with van der Waals surface area (Å²) in [6.07, 6.45) is 0.502. The fourth-order valence-corrected chi connectivity index (χ4v) is 2.40. The molecule has 5 heteroatoms. The van der Waals surface area contributed by atoms with E-state index in [2.05, 4.69) is 0 Å². The lowest BCUT2D eigenvalue weighted by Crippen LogP contribution is -2.48. The summed E-state index contributed by atoms with van der Waals surface area (Å²) in [5.41, 5.74) is 0.879. The SMILES string of the molecule is CCC(=O)N1CCN(c2ccc(C(C)=O)cc2F)CC1. The van der Waals surface area contributed by atoms with Gasteiger partial charge < -0.3 is 9.80 Å². The number of carbonyl (C=O) groups excluding carboxylic acids is 2. The van der Waals surface area contributed by atoms with E-state index in [9.17, 15) is 14.0 Å². The predicted molar refractivity (Wildman–Crippen MR) is 75.5 cm³/mol. The van der Waals surface area contributed by atoms with Crippen molar-refractivity contribution in [3.8, 4) is 0 Å². The molecule has 1 aliphatic rings. The van der Waals surface area contributed by atoms with E-state index in [1.807, 2.05) is 11.8 Å². The Kier molecular flexibility index (Phi) is 4.37. The number of rotatable bonds is 3. The van der Waals surface area contributed by atoms with Crippen LogP contribution >= 0.6 is 0 Å². The van der Waals surface area contributed by atoms with Gasteiger partial charge in [0.05, 0.1) is 5.69 Å². The first-order chi connectivity index (χ1) is 9.52. The second kappa shape index (κ2) is 6.03. The van der Waals surface area contributed by atoms with Crippen LogP contribution in [0.15, 0.2) is 18.2 Å². The molecule has 1 fully saturated rings. The molecule has 0 spiro atoms. The molecule has 1 heterocycles. The molecule has 0 bridgehead atoms. The topological polar surface area (TPSA) is 40.6 Å². The van der Waals surface area contributed by atoms with Crippen molar-refractivity contribution < 1.29 is 14.0 Å². The van der Waals surface area contributed by atoms with Crippen LogP contribution in [0.5, 0.6) is 0 Å². The highest BCUT2D eigenvalue weighted by molar-refractivity contribution is 5.94. The summed E-state index contributed by atoms with van der Waals surface area (Å²) >= 11 is 0. The van der Waals surface area contributed by atoms with Gasteiger partial charge >= 0.3 is 0 Å². The maximum Gasteiger partial charge on any atom is 0.222 e. The van der Waals surface area contributed by atoms with Gasteiger partial charge in [-0.1, -0.05) is 6.92 Å². The third-order valence-electron chi connectivity index (χ3n) is 3.63. The fraction of sp³-hybridized carbons (Fsp3) is 0.467. The summed E-state index contributed by atoms with van der Waals surface area (Å²) in [5.74, 6) is -0.390. The van der Waals surface area contributed by atoms with Crippen LogP contribution in [0.2, 0.25) is 0 Å². The van der Waals surface area contributed by atoms with Crippen molar-refractivity contribution in [3.63, 3.8) is 0 Å². The summed E-state index contributed by atoms with van der Waals surface area (Å²) in [4.78, 5) is 26.5. The molecule has 1 saturated heterocycles. The molecular formula is C15H19FN2O2. The van der Waals surface area contributed by atoms with Crippen molar-refractivity contribution in [2.75, 3.05) is 31.1 Å². The first-order valence-electron chi connectivity index (χ1n) is 6.86. The Hall–Kier alpha value is -1.91. The lowest BCUT2D eigenvalue weighted by molar-refractivity contribution is -0.131. The van der Waals surface area contributed by atoms with Crippen molar-refractivity contribution in [1.29, 1.82) is 0 Å². The predicted octanol–water partition coefficient (Wildman–Crippen LogP) is 2.09. The normalized spacial score (nSPS) is 15.3. The lowest BCUT2D eigenvalue weighted by Gasteiger charge is -2.36. The second-order valence-corrected chi connectivity index (χ2v) is 4.94. The number of benzene rings is 1. The van der Waals surface area contributed by atoms with Crippen molar-refractivity contribution >= 4 is 17.4 Å². The molecule has 1 amide bonds. The monoisotopic (exact) mass is 278 g/mol. The highest BCUT2D eigenvalue weighted by Gasteiger charge is 2.22. The van der Waals surface area contributed by atoms with Crippen LogP contribution in [0.4, 0.5) is 10.1 Å². The average Bonchev–Trinajstić information content (AvgIpc) is 2.46. The number of halogens is 1.